The summed E-state index contributed by atoms with van der Waals surface area (Å²) >= 11 is 0. The highest BCUT2D eigenvalue weighted by molar-refractivity contribution is 5.80. The number of rotatable bonds is 8. The molecule has 2 N–H and O–H groups in total. The lowest BCUT2D eigenvalue weighted by Crippen LogP contribution is -2.50. The summed E-state index contributed by atoms with van der Waals surface area (Å²) in [6.07, 6.45) is 6.61. The van der Waals surface area contributed by atoms with Gasteiger partial charge in [-0.3, -0.25) is 14.7 Å². The quantitative estimate of drug-likeness (QED) is 0.477. The van der Waals surface area contributed by atoms with E-state index < -0.39 is 0 Å². The second kappa shape index (κ2) is 11.5. The third-order valence-electron chi connectivity index (χ3n) is 6.88. The zero-order valence-corrected chi connectivity index (χ0v) is 19.6. The molecule has 1 amide bonds. The molecule has 0 unspecified atom stereocenters. The maximum Gasteiger partial charge on any atom is 0.225 e. The van der Waals surface area contributed by atoms with Crippen LogP contribution >= 0.6 is 0 Å². The number of hydrogen-bond acceptors (Lipinski definition) is 4. The van der Waals surface area contributed by atoms with E-state index in [-0.39, 0.29) is 0 Å². The lowest BCUT2D eigenvalue weighted by molar-refractivity contribution is -0.137. The third-order valence-corrected chi connectivity index (χ3v) is 6.88. The topological polar surface area (TPSA) is 69.2 Å². The fraction of sp³-hybridized carbons (Fsp3) is 0.680. The number of fused-ring (bicyclic) bond motifs is 1. The second-order valence-electron chi connectivity index (χ2n) is 9.13. The van der Waals surface area contributed by atoms with E-state index in [2.05, 4.69) is 45.6 Å². The standard InChI is InChI=1S/C25H39N5O2/c1-2-26-25(27-11-9-20-7-8-23-22(19-20)10-18-32-23)28-12-13-29-14-16-30(17-15-29)24(31)21-5-3-4-6-21/h7-8,19,21H,2-6,9-18H2,1H3,(H2,26,27,28). The Hall–Kier alpha value is -2.28. The number of hydrogen-bond donors (Lipinski definition) is 2. The first-order chi connectivity index (χ1) is 15.7. The van der Waals surface area contributed by atoms with Crippen LogP contribution in [-0.4, -0.2) is 80.6 Å². The van der Waals surface area contributed by atoms with Crippen molar-refractivity contribution in [2.45, 2.75) is 45.4 Å². The van der Waals surface area contributed by atoms with Gasteiger partial charge in [0.05, 0.1) is 13.2 Å². The Balaban J connectivity index is 1.16. The molecule has 2 fully saturated rings. The summed E-state index contributed by atoms with van der Waals surface area (Å²) < 4.78 is 5.59. The molecule has 0 radical (unpaired) electrons. The van der Waals surface area contributed by atoms with E-state index in [4.69, 9.17) is 9.73 Å². The smallest absolute Gasteiger partial charge is 0.225 e. The van der Waals surface area contributed by atoms with Gasteiger partial charge in [0.1, 0.15) is 5.75 Å². The molecule has 1 aromatic carbocycles. The van der Waals surface area contributed by atoms with E-state index in [1.54, 1.807) is 0 Å². The fourth-order valence-electron chi connectivity index (χ4n) is 4.99. The van der Waals surface area contributed by atoms with Crippen molar-refractivity contribution in [2.24, 2.45) is 10.9 Å². The molecule has 1 saturated heterocycles. The Morgan fingerprint density at radius 1 is 1.16 bits per heavy atom. The molecule has 2 heterocycles. The molecule has 3 aliphatic rings. The van der Waals surface area contributed by atoms with E-state index in [9.17, 15) is 4.79 Å². The zero-order valence-electron chi connectivity index (χ0n) is 19.6. The third kappa shape index (κ3) is 6.15. The lowest BCUT2D eigenvalue weighted by atomic mass is 10.1. The van der Waals surface area contributed by atoms with Gasteiger partial charge in [-0.1, -0.05) is 25.0 Å². The summed E-state index contributed by atoms with van der Waals surface area (Å²) in [5.74, 6) is 2.62. The molecule has 4 rings (SSSR count). The molecule has 32 heavy (non-hydrogen) atoms. The van der Waals surface area contributed by atoms with Crippen molar-refractivity contribution in [1.82, 2.24) is 20.4 Å². The summed E-state index contributed by atoms with van der Waals surface area (Å²) in [4.78, 5) is 21.9. The van der Waals surface area contributed by atoms with Crippen LogP contribution in [0.25, 0.3) is 0 Å². The molecule has 0 atom stereocenters. The van der Waals surface area contributed by atoms with Gasteiger partial charge in [-0.2, -0.15) is 0 Å². The van der Waals surface area contributed by atoms with Gasteiger partial charge >= 0.3 is 0 Å². The molecular formula is C25H39N5O2. The van der Waals surface area contributed by atoms with Crippen LogP contribution in [0.5, 0.6) is 5.75 Å². The van der Waals surface area contributed by atoms with Crippen LogP contribution in [0, 0.1) is 5.92 Å². The number of nitrogens with zero attached hydrogens (tertiary/aromatic N) is 3. The summed E-state index contributed by atoms with van der Waals surface area (Å²) in [6.45, 7) is 9.96. The molecule has 0 bridgehead atoms. The Labute approximate surface area is 192 Å². The number of nitrogens with one attached hydrogen (secondary N) is 2. The number of benzene rings is 1. The summed E-state index contributed by atoms with van der Waals surface area (Å²) in [5.41, 5.74) is 2.66. The van der Waals surface area contributed by atoms with Crippen molar-refractivity contribution in [3.63, 3.8) is 0 Å². The Morgan fingerprint density at radius 2 is 1.97 bits per heavy atom. The van der Waals surface area contributed by atoms with Gasteiger partial charge in [-0.15, -0.1) is 0 Å². The second-order valence-corrected chi connectivity index (χ2v) is 9.13. The van der Waals surface area contributed by atoms with Crippen LogP contribution in [0.1, 0.15) is 43.7 Å². The largest absolute Gasteiger partial charge is 0.493 e. The number of carbonyl (C=O) groups excluding carboxylic acids is 1. The fourth-order valence-corrected chi connectivity index (χ4v) is 4.99. The van der Waals surface area contributed by atoms with Crippen molar-refractivity contribution in [3.05, 3.63) is 29.3 Å². The molecule has 1 saturated carbocycles. The minimum atomic E-state index is 0.296. The molecule has 7 nitrogen and oxygen atoms in total. The van der Waals surface area contributed by atoms with Crippen LogP contribution in [-0.2, 0) is 17.6 Å². The maximum absolute atomic E-state index is 12.6. The molecule has 1 aromatic rings. The number of carbonyl (C=O) groups is 1. The normalized spacial score (nSPS) is 19.7. The molecule has 176 valence electrons. The van der Waals surface area contributed by atoms with Gasteiger partial charge in [0.2, 0.25) is 5.91 Å². The van der Waals surface area contributed by atoms with Gasteiger partial charge in [0.15, 0.2) is 5.96 Å². The van der Waals surface area contributed by atoms with Crippen LogP contribution < -0.4 is 15.4 Å². The van der Waals surface area contributed by atoms with Crippen molar-refractivity contribution >= 4 is 11.9 Å². The predicted octanol–water partition coefficient (Wildman–Crippen LogP) is 2.05. The van der Waals surface area contributed by atoms with Crippen LogP contribution in [0.15, 0.2) is 23.2 Å². The molecule has 1 aliphatic carbocycles. The van der Waals surface area contributed by atoms with Gasteiger partial charge in [-0.05, 0) is 43.4 Å². The van der Waals surface area contributed by atoms with Crippen molar-refractivity contribution < 1.29 is 9.53 Å². The highest BCUT2D eigenvalue weighted by Gasteiger charge is 2.29. The van der Waals surface area contributed by atoms with Crippen molar-refractivity contribution in [1.29, 1.82) is 0 Å². The van der Waals surface area contributed by atoms with E-state index >= 15 is 0 Å². The first kappa shape index (κ1) is 22.9. The van der Waals surface area contributed by atoms with E-state index in [1.165, 1.54) is 24.0 Å². The number of ether oxygens (including phenoxy) is 1. The van der Waals surface area contributed by atoms with Crippen molar-refractivity contribution in [2.75, 3.05) is 59.0 Å². The van der Waals surface area contributed by atoms with E-state index in [0.717, 1.165) is 96.4 Å². The molecule has 2 aliphatic heterocycles. The van der Waals surface area contributed by atoms with Gasteiger partial charge in [0, 0.05) is 58.2 Å². The van der Waals surface area contributed by atoms with Crippen molar-refractivity contribution in [3.8, 4) is 5.75 Å². The Kier molecular flexibility index (Phi) is 8.26. The number of amides is 1. The number of aliphatic imine (C=N–C) groups is 1. The molecule has 7 heteroatoms. The van der Waals surface area contributed by atoms with Gasteiger partial charge < -0.3 is 20.3 Å². The Bertz CT molecular complexity index is 783. The molecule has 0 spiro atoms. The lowest BCUT2D eigenvalue weighted by Gasteiger charge is -2.35. The highest BCUT2D eigenvalue weighted by atomic mass is 16.5. The monoisotopic (exact) mass is 441 g/mol. The number of piperazine rings is 1. The number of guanidine groups is 1. The average molecular weight is 442 g/mol. The maximum atomic E-state index is 12.6. The molecular weight excluding hydrogens is 402 g/mol. The zero-order chi connectivity index (χ0) is 22.2. The van der Waals surface area contributed by atoms with Crippen LogP contribution in [0.3, 0.4) is 0 Å². The molecule has 0 aromatic heterocycles. The highest BCUT2D eigenvalue weighted by Crippen LogP contribution is 2.27. The summed E-state index contributed by atoms with van der Waals surface area (Å²) in [5, 5.41) is 6.81. The predicted molar refractivity (Wildman–Crippen MR) is 128 cm³/mol. The van der Waals surface area contributed by atoms with Gasteiger partial charge in [-0.25, -0.2) is 0 Å². The SMILES string of the molecule is CCNC(=NCCN1CCN(C(=O)C2CCCC2)CC1)NCCc1ccc2c(c1)CCO2. The minimum Gasteiger partial charge on any atom is -0.493 e. The van der Waals surface area contributed by atoms with Crippen LogP contribution in [0.2, 0.25) is 0 Å². The Morgan fingerprint density at radius 3 is 2.75 bits per heavy atom. The van der Waals surface area contributed by atoms with E-state index in [1.807, 2.05) is 0 Å². The first-order valence-corrected chi connectivity index (χ1v) is 12.5. The summed E-state index contributed by atoms with van der Waals surface area (Å²) in [7, 11) is 0. The van der Waals surface area contributed by atoms with Crippen LogP contribution in [0.4, 0.5) is 0 Å². The average Bonchev–Trinajstić information content (AvgIpc) is 3.51. The van der Waals surface area contributed by atoms with Gasteiger partial charge in [0.25, 0.3) is 0 Å². The van der Waals surface area contributed by atoms with E-state index in [0.29, 0.717) is 11.8 Å². The first-order valence-electron chi connectivity index (χ1n) is 12.5. The summed E-state index contributed by atoms with van der Waals surface area (Å²) in [6, 6.07) is 6.52. The minimum absolute atomic E-state index is 0.296.